The van der Waals surface area contributed by atoms with Crippen molar-refractivity contribution in [3.05, 3.63) is 29.3 Å². The first-order valence-electron chi connectivity index (χ1n) is 7.89. The summed E-state index contributed by atoms with van der Waals surface area (Å²) in [5.41, 5.74) is 4.00. The summed E-state index contributed by atoms with van der Waals surface area (Å²) in [5, 5.41) is 12.4. The van der Waals surface area contributed by atoms with Crippen molar-refractivity contribution in [1.29, 1.82) is 0 Å². The number of hydrogen-bond donors (Lipinski definition) is 2. The van der Waals surface area contributed by atoms with Crippen molar-refractivity contribution in [3.8, 4) is 0 Å². The summed E-state index contributed by atoms with van der Waals surface area (Å²) in [6.07, 6.45) is 2.12. The Bertz CT molecular complexity index is 437. The molecule has 4 heteroatoms. The Hall–Kier alpha value is -1.10. The molecule has 0 amide bonds. The number of ether oxygens (including phenoxy) is 1. The normalized spacial score (nSPS) is 18.4. The fourth-order valence-electron chi connectivity index (χ4n) is 2.96. The number of aryl methyl sites for hydroxylation is 1. The zero-order valence-corrected chi connectivity index (χ0v) is 13.3. The molecule has 0 radical (unpaired) electrons. The van der Waals surface area contributed by atoms with Gasteiger partial charge in [0.05, 0.1) is 6.61 Å². The Labute approximate surface area is 128 Å². The SMILES string of the molecule is COCCNCc1ccc(N2CCC(CCO)C2)cc1C. The molecule has 2 rings (SSSR count). The average Bonchev–Trinajstić information content (AvgIpc) is 2.94. The van der Waals surface area contributed by atoms with Gasteiger partial charge in [0, 0.05) is 45.6 Å². The van der Waals surface area contributed by atoms with E-state index in [0.29, 0.717) is 12.5 Å². The Morgan fingerprint density at radius 1 is 1.43 bits per heavy atom. The molecule has 0 aromatic heterocycles. The molecule has 1 aliphatic heterocycles. The second-order valence-electron chi connectivity index (χ2n) is 5.89. The summed E-state index contributed by atoms with van der Waals surface area (Å²) in [4.78, 5) is 2.44. The average molecular weight is 292 g/mol. The van der Waals surface area contributed by atoms with Crippen molar-refractivity contribution in [2.45, 2.75) is 26.3 Å². The first-order chi connectivity index (χ1) is 10.2. The predicted molar refractivity (Wildman–Crippen MR) is 86.8 cm³/mol. The molecule has 0 bridgehead atoms. The number of nitrogens with one attached hydrogen (secondary N) is 1. The zero-order chi connectivity index (χ0) is 15.1. The lowest BCUT2D eigenvalue weighted by Gasteiger charge is -2.20. The van der Waals surface area contributed by atoms with Crippen molar-refractivity contribution in [1.82, 2.24) is 5.32 Å². The van der Waals surface area contributed by atoms with Crippen LogP contribution in [-0.4, -0.2) is 45.1 Å². The van der Waals surface area contributed by atoms with Gasteiger partial charge < -0.3 is 20.1 Å². The number of aliphatic hydroxyl groups excluding tert-OH is 1. The highest BCUT2D eigenvalue weighted by molar-refractivity contribution is 5.51. The number of hydrogen-bond acceptors (Lipinski definition) is 4. The summed E-state index contributed by atoms with van der Waals surface area (Å²) in [6.45, 7) is 7.19. The highest BCUT2D eigenvalue weighted by atomic mass is 16.5. The van der Waals surface area contributed by atoms with Crippen molar-refractivity contribution in [2.24, 2.45) is 5.92 Å². The van der Waals surface area contributed by atoms with E-state index in [9.17, 15) is 0 Å². The van der Waals surface area contributed by atoms with Gasteiger partial charge >= 0.3 is 0 Å². The molecule has 0 saturated carbocycles. The van der Waals surface area contributed by atoms with Crippen LogP contribution in [0.25, 0.3) is 0 Å². The predicted octanol–water partition coefficient (Wildman–Crippen LogP) is 1.94. The van der Waals surface area contributed by atoms with Gasteiger partial charge in [0.2, 0.25) is 0 Å². The first-order valence-corrected chi connectivity index (χ1v) is 7.89. The molecule has 0 aliphatic carbocycles. The molecule has 2 N–H and O–H groups in total. The van der Waals surface area contributed by atoms with Crippen molar-refractivity contribution >= 4 is 5.69 Å². The molecule has 0 spiro atoms. The van der Waals surface area contributed by atoms with Gasteiger partial charge in [-0.25, -0.2) is 0 Å². The van der Waals surface area contributed by atoms with E-state index < -0.39 is 0 Å². The molecule has 1 aromatic carbocycles. The molecule has 1 heterocycles. The lowest BCUT2D eigenvalue weighted by molar-refractivity contribution is 0.199. The minimum atomic E-state index is 0.309. The minimum Gasteiger partial charge on any atom is -0.396 e. The van der Waals surface area contributed by atoms with E-state index in [4.69, 9.17) is 9.84 Å². The Kier molecular flexibility index (Phi) is 6.49. The number of anilines is 1. The maximum Gasteiger partial charge on any atom is 0.0587 e. The van der Waals surface area contributed by atoms with Crippen LogP contribution >= 0.6 is 0 Å². The standard InChI is InChI=1S/C17H28N2O2/c1-14-11-17(19-8-5-15(13-19)6-9-20)4-3-16(14)12-18-7-10-21-2/h3-4,11,15,18,20H,5-10,12-13H2,1-2H3. The van der Waals surface area contributed by atoms with Gasteiger partial charge in [0.15, 0.2) is 0 Å². The zero-order valence-electron chi connectivity index (χ0n) is 13.3. The maximum atomic E-state index is 9.05. The topological polar surface area (TPSA) is 44.7 Å². The number of rotatable bonds is 8. The van der Waals surface area contributed by atoms with Crippen molar-refractivity contribution in [3.63, 3.8) is 0 Å². The van der Waals surface area contributed by atoms with Gasteiger partial charge in [0.1, 0.15) is 0 Å². The van der Waals surface area contributed by atoms with Gasteiger partial charge in [-0.1, -0.05) is 6.07 Å². The van der Waals surface area contributed by atoms with E-state index >= 15 is 0 Å². The molecule has 1 aliphatic rings. The molecule has 1 saturated heterocycles. The van der Waals surface area contributed by atoms with Crippen LogP contribution in [0, 0.1) is 12.8 Å². The number of benzene rings is 1. The fraction of sp³-hybridized carbons (Fsp3) is 0.647. The minimum absolute atomic E-state index is 0.309. The molecule has 21 heavy (non-hydrogen) atoms. The second-order valence-corrected chi connectivity index (χ2v) is 5.89. The van der Waals surface area contributed by atoms with E-state index in [2.05, 4.69) is 35.3 Å². The molecule has 1 unspecified atom stereocenters. The third kappa shape index (κ3) is 4.70. The summed E-state index contributed by atoms with van der Waals surface area (Å²) in [6, 6.07) is 6.74. The van der Waals surface area contributed by atoms with Gasteiger partial charge in [-0.2, -0.15) is 0 Å². The summed E-state index contributed by atoms with van der Waals surface area (Å²) in [5.74, 6) is 0.644. The number of methoxy groups -OCH3 is 1. The van der Waals surface area contributed by atoms with Crippen LogP contribution in [0.5, 0.6) is 0 Å². The van der Waals surface area contributed by atoms with Crippen LogP contribution in [0.1, 0.15) is 24.0 Å². The van der Waals surface area contributed by atoms with E-state index in [1.165, 1.54) is 23.2 Å². The highest BCUT2D eigenvalue weighted by Crippen LogP contribution is 2.27. The number of aliphatic hydroxyl groups is 1. The van der Waals surface area contributed by atoms with Gasteiger partial charge in [-0.3, -0.25) is 0 Å². The first kappa shape index (κ1) is 16.3. The summed E-state index contributed by atoms with van der Waals surface area (Å²) < 4.78 is 5.04. The van der Waals surface area contributed by atoms with Crippen LogP contribution < -0.4 is 10.2 Å². The molecular formula is C17H28N2O2. The van der Waals surface area contributed by atoms with E-state index in [1.807, 2.05) is 0 Å². The van der Waals surface area contributed by atoms with Crippen LogP contribution in [0.3, 0.4) is 0 Å². The lowest BCUT2D eigenvalue weighted by Crippen LogP contribution is -2.21. The highest BCUT2D eigenvalue weighted by Gasteiger charge is 2.22. The number of nitrogens with zero attached hydrogens (tertiary/aromatic N) is 1. The summed E-state index contributed by atoms with van der Waals surface area (Å²) in [7, 11) is 1.72. The third-order valence-corrected chi connectivity index (χ3v) is 4.31. The molecule has 1 aromatic rings. The largest absolute Gasteiger partial charge is 0.396 e. The molecule has 1 atom stereocenters. The Morgan fingerprint density at radius 3 is 3.00 bits per heavy atom. The monoisotopic (exact) mass is 292 g/mol. The van der Waals surface area contributed by atoms with E-state index in [0.717, 1.165) is 39.2 Å². The third-order valence-electron chi connectivity index (χ3n) is 4.31. The van der Waals surface area contributed by atoms with Gasteiger partial charge in [-0.05, 0) is 48.9 Å². The van der Waals surface area contributed by atoms with Crippen LogP contribution in [-0.2, 0) is 11.3 Å². The van der Waals surface area contributed by atoms with Gasteiger partial charge in [0.25, 0.3) is 0 Å². The fourth-order valence-corrected chi connectivity index (χ4v) is 2.96. The van der Waals surface area contributed by atoms with E-state index in [1.54, 1.807) is 7.11 Å². The smallest absolute Gasteiger partial charge is 0.0587 e. The maximum absolute atomic E-state index is 9.05. The molecule has 4 nitrogen and oxygen atoms in total. The molecule has 118 valence electrons. The van der Waals surface area contributed by atoms with Crippen LogP contribution in [0.15, 0.2) is 18.2 Å². The lowest BCUT2D eigenvalue weighted by atomic mass is 10.1. The molecular weight excluding hydrogens is 264 g/mol. The Balaban J connectivity index is 1.90. The quantitative estimate of drug-likeness (QED) is 0.719. The summed E-state index contributed by atoms with van der Waals surface area (Å²) >= 11 is 0. The van der Waals surface area contributed by atoms with Crippen LogP contribution in [0.2, 0.25) is 0 Å². The van der Waals surface area contributed by atoms with Gasteiger partial charge in [-0.15, -0.1) is 0 Å². The van der Waals surface area contributed by atoms with Crippen molar-refractivity contribution < 1.29 is 9.84 Å². The van der Waals surface area contributed by atoms with Crippen molar-refractivity contribution in [2.75, 3.05) is 44.9 Å². The second kappa shape index (κ2) is 8.37. The van der Waals surface area contributed by atoms with Crippen LogP contribution in [0.4, 0.5) is 5.69 Å². The molecule has 1 fully saturated rings. The Morgan fingerprint density at radius 2 is 2.29 bits per heavy atom. The van der Waals surface area contributed by atoms with E-state index in [-0.39, 0.29) is 0 Å².